The van der Waals surface area contributed by atoms with Gasteiger partial charge in [-0.05, 0) is 37.1 Å². The van der Waals surface area contributed by atoms with E-state index in [0.717, 1.165) is 5.56 Å². The Bertz CT molecular complexity index is 974. The molecule has 0 saturated carbocycles. The molecule has 170 valence electrons. The van der Waals surface area contributed by atoms with E-state index in [1.165, 1.54) is 7.11 Å². The van der Waals surface area contributed by atoms with Crippen molar-refractivity contribution < 1.29 is 28.5 Å². The smallest absolute Gasteiger partial charge is 0.338 e. The van der Waals surface area contributed by atoms with E-state index >= 15 is 0 Å². The lowest BCUT2D eigenvalue weighted by Gasteiger charge is -2.28. The highest BCUT2D eigenvalue weighted by molar-refractivity contribution is 5.95. The van der Waals surface area contributed by atoms with Gasteiger partial charge in [-0.15, -0.1) is 0 Å². The maximum absolute atomic E-state index is 12.7. The molecule has 8 nitrogen and oxygen atoms in total. The van der Waals surface area contributed by atoms with Crippen LogP contribution in [-0.4, -0.2) is 38.9 Å². The average Bonchev–Trinajstić information content (AvgIpc) is 2.78. The predicted molar refractivity (Wildman–Crippen MR) is 118 cm³/mol. The summed E-state index contributed by atoms with van der Waals surface area (Å²) in [6, 6.07) is 14.1. The molecule has 3 rings (SSSR count). The van der Waals surface area contributed by atoms with E-state index in [4.69, 9.17) is 18.9 Å². The third kappa shape index (κ3) is 5.79. The Balaban J connectivity index is 1.86. The van der Waals surface area contributed by atoms with E-state index in [-0.39, 0.29) is 13.2 Å². The summed E-state index contributed by atoms with van der Waals surface area (Å²) in [7, 11) is 1.53. The van der Waals surface area contributed by atoms with Crippen LogP contribution in [0.2, 0.25) is 0 Å². The quantitative estimate of drug-likeness (QED) is 0.434. The monoisotopic (exact) mass is 440 g/mol. The van der Waals surface area contributed by atoms with Gasteiger partial charge in [-0.1, -0.05) is 36.4 Å². The molecule has 0 unspecified atom stereocenters. The summed E-state index contributed by atoms with van der Waals surface area (Å²) < 4.78 is 22.0. The maximum Gasteiger partial charge on any atom is 0.338 e. The molecule has 2 amide bonds. The number of hydrogen-bond donors (Lipinski definition) is 2. The SMILES string of the molecule is CCOc1cc([C@@H]2NC(=O)NC(C)=C2C(=O)OCCOC)ccc1OCc1ccccc1. The second kappa shape index (κ2) is 11.2. The zero-order chi connectivity index (χ0) is 22.9. The first-order valence-corrected chi connectivity index (χ1v) is 10.4. The molecular formula is C24H28N2O6. The van der Waals surface area contributed by atoms with E-state index in [0.29, 0.717) is 41.5 Å². The van der Waals surface area contributed by atoms with Crippen LogP contribution < -0.4 is 20.1 Å². The summed E-state index contributed by atoms with van der Waals surface area (Å²) in [5.41, 5.74) is 2.46. The zero-order valence-electron chi connectivity index (χ0n) is 18.5. The number of urea groups is 1. The molecule has 0 saturated heterocycles. The lowest BCUT2D eigenvalue weighted by atomic mass is 9.95. The first-order valence-electron chi connectivity index (χ1n) is 10.4. The van der Waals surface area contributed by atoms with Crippen LogP contribution >= 0.6 is 0 Å². The molecule has 32 heavy (non-hydrogen) atoms. The Morgan fingerprint density at radius 3 is 2.53 bits per heavy atom. The number of ether oxygens (including phenoxy) is 4. The fourth-order valence-electron chi connectivity index (χ4n) is 3.34. The summed E-state index contributed by atoms with van der Waals surface area (Å²) >= 11 is 0. The van der Waals surface area contributed by atoms with Crippen molar-refractivity contribution in [1.82, 2.24) is 10.6 Å². The second-order valence-corrected chi connectivity index (χ2v) is 7.11. The molecule has 8 heteroatoms. The summed E-state index contributed by atoms with van der Waals surface area (Å²) in [5, 5.41) is 5.43. The summed E-state index contributed by atoms with van der Waals surface area (Å²) in [6.45, 7) is 4.76. The lowest BCUT2D eigenvalue weighted by Crippen LogP contribution is -2.45. The van der Waals surface area contributed by atoms with Gasteiger partial charge in [0.05, 0.1) is 24.8 Å². The predicted octanol–water partition coefficient (Wildman–Crippen LogP) is 3.48. The molecular weight excluding hydrogens is 412 g/mol. The van der Waals surface area contributed by atoms with E-state index in [2.05, 4.69) is 10.6 Å². The summed E-state index contributed by atoms with van der Waals surface area (Å²) in [5.74, 6) is 0.572. The molecule has 2 aromatic rings. The van der Waals surface area contributed by atoms with Crippen molar-refractivity contribution in [3.05, 3.63) is 70.9 Å². The van der Waals surface area contributed by atoms with Crippen LogP contribution in [-0.2, 0) is 20.9 Å². The van der Waals surface area contributed by atoms with Gasteiger partial charge in [0.1, 0.15) is 13.2 Å². The van der Waals surface area contributed by atoms with Gasteiger partial charge >= 0.3 is 12.0 Å². The fourth-order valence-corrected chi connectivity index (χ4v) is 3.34. The Labute approximate surface area is 187 Å². The highest BCUT2D eigenvalue weighted by Crippen LogP contribution is 2.35. The van der Waals surface area contributed by atoms with Crippen LogP contribution in [0.15, 0.2) is 59.8 Å². The zero-order valence-corrected chi connectivity index (χ0v) is 18.5. The molecule has 1 atom stereocenters. The number of rotatable bonds is 10. The average molecular weight is 440 g/mol. The van der Waals surface area contributed by atoms with E-state index in [1.807, 2.05) is 37.3 Å². The minimum Gasteiger partial charge on any atom is -0.490 e. The Morgan fingerprint density at radius 1 is 1.03 bits per heavy atom. The highest BCUT2D eigenvalue weighted by atomic mass is 16.6. The molecule has 0 bridgehead atoms. The largest absolute Gasteiger partial charge is 0.490 e. The Hall–Kier alpha value is -3.52. The maximum atomic E-state index is 12.7. The van der Waals surface area contributed by atoms with Gasteiger partial charge < -0.3 is 29.6 Å². The highest BCUT2D eigenvalue weighted by Gasteiger charge is 2.32. The number of nitrogens with one attached hydrogen (secondary N) is 2. The van der Waals surface area contributed by atoms with Gasteiger partial charge in [0, 0.05) is 12.8 Å². The Morgan fingerprint density at radius 2 is 1.81 bits per heavy atom. The van der Waals surface area contributed by atoms with Crippen molar-refractivity contribution in [2.75, 3.05) is 26.9 Å². The number of esters is 1. The molecule has 0 fully saturated rings. The number of carbonyl (C=O) groups is 2. The van der Waals surface area contributed by atoms with E-state index in [1.54, 1.807) is 25.1 Å². The van der Waals surface area contributed by atoms with Crippen molar-refractivity contribution >= 4 is 12.0 Å². The molecule has 2 aromatic carbocycles. The normalized spacial score (nSPS) is 15.6. The molecule has 0 aliphatic carbocycles. The van der Waals surface area contributed by atoms with Crippen LogP contribution in [0.5, 0.6) is 11.5 Å². The lowest BCUT2D eigenvalue weighted by molar-refractivity contribution is -0.140. The molecule has 2 N–H and O–H groups in total. The van der Waals surface area contributed by atoms with Crippen LogP contribution in [0.3, 0.4) is 0 Å². The molecule has 1 aliphatic heterocycles. The van der Waals surface area contributed by atoms with Gasteiger partial charge in [-0.3, -0.25) is 0 Å². The van der Waals surface area contributed by atoms with Gasteiger partial charge in [-0.2, -0.15) is 0 Å². The first-order chi connectivity index (χ1) is 15.5. The first kappa shape index (κ1) is 23.1. The third-order valence-electron chi connectivity index (χ3n) is 4.85. The van der Waals surface area contributed by atoms with Crippen molar-refractivity contribution in [3.63, 3.8) is 0 Å². The molecule has 0 aromatic heterocycles. The van der Waals surface area contributed by atoms with Gasteiger partial charge in [0.2, 0.25) is 0 Å². The number of allylic oxidation sites excluding steroid dienone is 1. The van der Waals surface area contributed by atoms with Crippen LogP contribution in [0, 0.1) is 0 Å². The van der Waals surface area contributed by atoms with E-state index in [9.17, 15) is 9.59 Å². The van der Waals surface area contributed by atoms with Gasteiger partial charge in [-0.25, -0.2) is 9.59 Å². The van der Waals surface area contributed by atoms with E-state index < -0.39 is 18.0 Å². The number of benzene rings is 2. The topological polar surface area (TPSA) is 95.1 Å². The second-order valence-electron chi connectivity index (χ2n) is 7.11. The molecule has 1 aliphatic rings. The van der Waals surface area contributed by atoms with Crippen molar-refractivity contribution in [1.29, 1.82) is 0 Å². The fraction of sp³-hybridized carbons (Fsp3) is 0.333. The van der Waals surface area contributed by atoms with Crippen molar-refractivity contribution in [2.45, 2.75) is 26.5 Å². The Kier molecular flexibility index (Phi) is 8.10. The number of amides is 2. The molecule has 0 radical (unpaired) electrons. The number of hydrogen-bond acceptors (Lipinski definition) is 6. The van der Waals surface area contributed by atoms with Crippen LogP contribution in [0.1, 0.15) is 31.0 Å². The van der Waals surface area contributed by atoms with Gasteiger partial charge in [0.15, 0.2) is 11.5 Å². The number of methoxy groups -OCH3 is 1. The van der Waals surface area contributed by atoms with Crippen molar-refractivity contribution in [3.8, 4) is 11.5 Å². The molecule has 1 heterocycles. The number of carbonyl (C=O) groups excluding carboxylic acids is 2. The summed E-state index contributed by atoms with van der Waals surface area (Å²) in [4.78, 5) is 24.9. The van der Waals surface area contributed by atoms with Crippen molar-refractivity contribution in [2.24, 2.45) is 0 Å². The van der Waals surface area contributed by atoms with Gasteiger partial charge in [0.25, 0.3) is 0 Å². The minimum atomic E-state index is -0.693. The van der Waals surface area contributed by atoms with Crippen LogP contribution in [0.4, 0.5) is 4.79 Å². The third-order valence-corrected chi connectivity index (χ3v) is 4.85. The summed E-state index contributed by atoms with van der Waals surface area (Å²) in [6.07, 6.45) is 0. The minimum absolute atomic E-state index is 0.114. The van der Waals surface area contributed by atoms with Crippen LogP contribution in [0.25, 0.3) is 0 Å². The standard InChI is InChI=1S/C24H28N2O6/c1-4-30-20-14-18(10-11-19(20)32-15-17-8-6-5-7-9-17)22-21(16(2)25-24(28)26-22)23(27)31-13-12-29-3/h5-11,14,22H,4,12-13,15H2,1-3H3,(H2,25,26,28)/t22-/m0/s1. The molecule has 0 spiro atoms.